The molecule has 2 nitrogen and oxygen atoms in total. The average molecular weight is 468 g/mol. The van der Waals surface area contributed by atoms with Crippen molar-refractivity contribution in [3.05, 3.63) is 95.6 Å². The number of hydrogen-bond donors (Lipinski definition) is 0. The third kappa shape index (κ3) is 4.83. The van der Waals surface area contributed by atoms with Gasteiger partial charge in [0.15, 0.2) is 29.1 Å². The first-order chi connectivity index (χ1) is 16.4. The van der Waals surface area contributed by atoms with Crippen LogP contribution in [0.4, 0.5) is 22.0 Å². The molecule has 0 aliphatic rings. The van der Waals surface area contributed by atoms with Crippen LogP contribution >= 0.6 is 0 Å². The standard InChI is InChI=1S/C27H21F5N2/c1-2-3-4-5-16-6-7-18(13-23(16)29)27-33-14-19(15-34-27)21-10-9-20(25(31)26(21)32)17-8-11-22(28)24(30)12-17/h6-15H,2-5H2,1H3. The Balaban J connectivity index is 1.59. The lowest BCUT2D eigenvalue weighted by atomic mass is 10.00. The number of nitrogens with zero attached hydrogens (tertiary/aromatic N) is 2. The highest BCUT2D eigenvalue weighted by molar-refractivity contribution is 5.71. The highest BCUT2D eigenvalue weighted by Gasteiger charge is 2.18. The summed E-state index contributed by atoms with van der Waals surface area (Å²) < 4.78 is 70.6. The minimum absolute atomic E-state index is 0.00798. The van der Waals surface area contributed by atoms with Crippen LogP contribution in [0, 0.1) is 29.1 Å². The Morgan fingerprint density at radius 1 is 0.618 bits per heavy atom. The van der Waals surface area contributed by atoms with Gasteiger partial charge in [-0.1, -0.05) is 50.1 Å². The number of aromatic nitrogens is 2. The van der Waals surface area contributed by atoms with Crippen molar-refractivity contribution in [1.29, 1.82) is 0 Å². The van der Waals surface area contributed by atoms with E-state index < -0.39 is 23.3 Å². The first-order valence-electron chi connectivity index (χ1n) is 10.9. The second-order valence-corrected chi connectivity index (χ2v) is 7.98. The van der Waals surface area contributed by atoms with Crippen molar-refractivity contribution in [2.45, 2.75) is 32.6 Å². The van der Waals surface area contributed by atoms with Crippen LogP contribution in [0.3, 0.4) is 0 Å². The van der Waals surface area contributed by atoms with Gasteiger partial charge in [0.25, 0.3) is 0 Å². The molecule has 34 heavy (non-hydrogen) atoms. The molecule has 0 saturated carbocycles. The fraction of sp³-hybridized carbons (Fsp3) is 0.185. The molecule has 3 aromatic carbocycles. The van der Waals surface area contributed by atoms with E-state index in [9.17, 15) is 22.0 Å². The predicted octanol–water partition coefficient (Wildman–Crippen LogP) is 7.91. The van der Waals surface area contributed by atoms with Crippen LogP contribution in [0.15, 0.2) is 60.9 Å². The summed E-state index contributed by atoms with van der Waals surface area (Å²) in [5.74, 6) is -4.68. The molecule has 0 spiro atoms. The molecule has 0 unspecified atom stereocenters. The predicted molar refractivity (Wildman–Crippen MR) is 121 cm³/mol. The lowest BCUT2D eigenvalue weighted by molar-refractivity contribution is 0.507. The molecule has 4 rings (SSSR count). The Hall–Kier alpha value is -3.61. The van der Waals surface area contributed by atoms with Crippen molar-refractivity contribution < 1.29 is 22.0 Å². The molecule has 1 aromatic heterocycles. The Labute approximate surface area is 194 Å². The Kier molecular flexibility index (Phi) is 7.01. The van der Waals surface area contributed by atoms with Crippen molar-refractivity contribution >= 4 is 0 Å². The van der Waals surface area contributed by atoms with Crippen molar-refractivity contribution in [2.75, 3.05) is 0 Å². The highest BCUT2D eigenvalue weighted by atomic mass is 19.2. The maximum atomic E-state index is 14.8. The molecule has 174 valence electrons. The normalized spacial score (nSPS) is 11.1. The van der Waals surface area contributed by atoms with E-state index in [-0.39, 0.29) is 33.9 Å². The van der Waals surface area contributed by atoms with Gasteiger partial charge in [0.2, 0.25) is 0 Å². The topological polar surface area (TPSA) is 25.8 Å². The van der Waals surface area contributed by atoms with Gasteiger partial charge in [0.1, 0.15) is 5.82 Å². The van der Waals surface area contributed by atoms with Crippen LogP contribution in [-0.2, 0) is 6.42 Å². The van der Waals surface area contributed by atoms with E-state index in [2.05, 4.69) is 16.9 Å². The molecule has 0 amide bonds. The van der Waals surface area contributed by atoms with Crippen LogP contribution in [0.25, 0.3) is 33.6 Å². The molecular weight excluding hydrogens is 447 g/mol. The first kappa shape index (κ1) is 23.5. The lowest BCUT2D eigenvalue weighted by Crippen LogP contribution is -1.97. The molecule has 0 aliphatic carbocycles. The summed E-state index contributed by atoms with van der Waals surface area (Å²) in [6.45, 7) is 2.09. The highest BCUT2D eigenvalue weighted by Crippen LogP contribution is 2.32. The van der Waals surface area contributed by atoms with Crippen molar-refractivity contribution in [3.8, 4) is 33.6 Å². The molecule has 0 atom stereocenters. The number of rotatable bonds is 7. The maximum absolute atomic E-state index is 14.8. The summed E-state index contributed by atoms with van der Waals surface area (Å²) in [7, 11) is 0. The fourth-order valence-corrected chi connectivity index (χ4v) is 3.73. The van der Waals surface area contributed by atoms with E-state index in [1.807, 2.05) is 0 Å². The molecule has 4 aromatic rings. The van der Waals surface area contributed by atoms with Gasteiger partial charge in [0, 0.05) is 34.6 Å². The molecule has 0 saturated heterocycles. The van der Waals surface area contributed by atoms with E-state index in [1.54, 1.807) is 12.1 Å². The van der Waals surface area contributed by atoms with Crippen LogP contribution < -0.4 is 0 Å². The van der Waals surface area contributed by atoms with E-state index >= 15 is 0 Å². The number of hydrogen-bond acceptors (Lipinski definition) is 2. The van der Waals surface area contributed by atoms with Gasteiger partial charge in [-0.05, 0) is 42.2 Å². The molecule has 0 radical (unpaired) electrons. The summed E-state index contributed by atoms with van der Waals surface area (Å²) in [5, 5.41) is 0. The molecule has 1 heterocycles. The molecule has 0 bridgehead atoms. The summed E-state index contributed by atoms with van der Waals surface area (Å²) in [6, 6.07) is 10.2. The average Bonchev–Trinajstić information content (AvgIpc) is 2.84. The van der Waals surface area contributed by atoms with Gasteiger partial charge in [-0.3, -0.25) is 0 Å². The number of benzene rings is 3. The van der Waals surface area contributed by atoms with Crippen LogP contribution in [-0.4, -0.2) is 9.97 Å². The van der Waals surface area contributed by atoms with Gasteiger partial charge >= 0.3 is 0 Å². The van der Waals surface area contributed by atoms with Crippen molar-refractivity contribution in [1.82, 2.24) is 9.97 Å². The zero-order chi connectivity index (χ0) is 24.2. The third-order valence-corrected chi connectivity index (χ3v) is 5.64. The fourth-order valence-electron chi connectivity index (χ4n) is 3.73. The van der Waals surface area contributed by atoms with E-state index in [1.165, 1.54) is 36.7 Å². The van der Waals surface area contributed by atoms with Crippen LogP contribution in [0.5, 0.6) is 0 Å². The van der Waals surface area contributed by atoms with Gasteiger partial charge < -0.3 is 0 Å². The Morgan fingerprint density at radius 2 is 1.24 bits per heavy atom. The van der Waals surface area contributed by atoms with Crippen LogP contribution in [0.2, 0.25) is 0 Å². The van der Waals surface area contributed by atoms with Gasteiger partial charge in [-0.2, -0.15) is 0 Å². The Morgan fingerprint density at radius 3 is 1.85 bits per heavy atom. The van der Waals surface area contributed by atoms with Crippen LogP contribution in [0.1, 0.15) is 31.7 Å². The monoisotopic (exact) mass is 468 g/mol. The minimum atomic E-state index is -1.20. The van der Waals surface area contributed by atoms with E-state index in [0.717, 1.165) is 31.4 Å². The Bertz CT molecular complexity index is 1320. The number of aryl methyl sites for hydroxylation is 1. The van der Waals surface area contributed by atoms with E-state index in [0.29, 0.717) is 17.5 Å². The molecule has 0 aliphatic heterocycles. The summed E-state index contributed by atoms with van der Waals surface area (Å²) in [5.41, 5.74) is 1.04. The molecule has 7 heteroatoms. The van der Waals surface area contributed by atoms with Gasteiger partial charge in [-0.25, -0.2) is 31.9 Å². The third-order valence-electron chi connectivity index (χ3n) is 5.64. The maximum Gasteiger partial charge on any atom is 0.167 e. The van der Waals surface area contributed by atoms with E-state index in [4.69, 9.17) is 0 Å². The molecule has 0 fully saturated rings. The van der Waals surface area contributed by atoms with Gasteiger partial charge in [-0.15, -0.1) is 0 Å². The zero-order valence-corrected chi connectivity index (χ0v) is 18.4. The SMILES string of the molecule is CCCCCc1ccc(-c2ncc(-c3ccc(-c4ccc(F)c(F)c4)c(F)c3F)cn2)cc1F. The number of unbranched alkanes of at least 4 members (excludes halogenated alkanes) is 2. The summed E-state index contributed by atoms with van der Waals surface area (Å²) >= 11 is 0. The van der Waals surface area contributed by atoms with Gasteiger partial charge in [0.05, 0.1) is 0 Å². The smallest absolute Gasteiger partial charge is 0.167 e. The second-order valence-electron chi connectivity index (χ2n) is 7.98. The molecule has 0 N–H and O–H groups in total. The zero-order valence-electron chi connectivity index (χ0n) is 18.4. The quantitative estimate of drug-likeness (QED) is 0.203. The van der Waals surface area contributed by atoms with Crippen molar-refractivity contribution in [3.63, 3.8) is 0 Å². The van der Waals surface area contributed by atoms with Crippen molar-refractivity contribution in [2.24, 2.45) is 0 Å². The first-order valence-corrected chi connectivity index (χ1v) is 10.9. The second kappa shape index (κ2) is 10.1. The summed E-state index contributed by atoms with van der Waals surface area (Å²) in [4.78, 5) is 8.37. The minimum Gasteiger partial charge on any atom is -0.236 e. The lowest BCUT2D eigenvalue weighted by Gasteiger charge is -2.10. The largest absolute Gasteiger partial charge is 0.236 e. The summed E-state index contributed by atoms with van der Waals surface area (Å²) in [6.07, 6.45) is 6.30. The molecular formula is C27H21F5N2. The number of halogens is 5.